The van der Waals surface area contributed by atoms with Gasteiger partial charge < -0.3 is 5.32 Å². The number of rotatable bonds is 2. The topological polar surface area (TPSA) is 29.1 Å². The van der Waals surface area contributed by atoms with Gasteiger partial charge in [0.1, 0.15) is 5.82 Å². The Bertz CT molecular complexity index is 832. The van der Waals surface area contributed by atoms with Crippen molar-refractivity contribution in [3.05, 3.63) is 76.5 Å². The first kappa shape index (κ1) is 13.8. The summed E-state index contributed by atoms with van der Waals surface area (Å²) in [7, 11) is 0. The first-order valence-corrected chi connectivity index (χ1v) is 7.18. The lowest BCUT2D eigenvalue weighted by atomic mass is 10.1. The van der Waals surface area contributed by atoms with Gasteiger partial charge in [0.25, 0.3) is 5.91 Å². The standard InChI is InChI=1S/C17H11BrFNO/c18-13-7-5-12-10-14(8-6-11(12)9-13)20-17(21)15-3-1-2-4-16(15)19/h1-10H,(H,20,21). The molecule has 2 nitrogen and oxygen atoms in total. The third-order valence-electron chi connectivity index (χ3n) is 3.18. The summed E-state index contributed by atoms with van der Waals surface area (Å²) in [5.41, 5.74) is 0.673. The van der Waals surface area contributed by atoms with Crippen LogP contribution >= 0.6 is 15.9 Å². The molecule has 0 fully saturated rings. The van der Waals surface area contributed by atoms with Gasteiger partial charge >= 0.3 is 0 Å². The summed E-state index contributed by atoms with van der Waals surface area (Å²) < 4.78 is 14.6. The van der Waals surface area contributed by atoms with Crippen molar-refractivity contribution < 1.29 is 9.18 Å². The Morgan fingerprint density at radius 3 is 2.48 bits per heavy atom. The van der Waals surface area contributed by atoms with Crippen LogP contribution in [0.2, 0.25) is 0 Å². The number of halogens is 2. The van der Waals surface area contributed by atoms with Crippen molar-refractivity contribution in [1.29, 1.82) is 0 Å². The molecule has 3 rings (SSSR count). The lowest BCUT2D eigenvalue weighted by molar-refractivity contribution is 0.102. The van der Waals surface area contributed by atoms with E-state index in [0.29, 0.717) is 5.69 Å². The SMILES string of the molecule is O=C(Nc1ccc2cc(Br)ccc2c1)c1ccccc1F. The molecule has 0 saturated carbocycles. The smallest absolute Gasteiger partial charge is 0.258 e. The second kappa shape index (κ2) is 5.66. The highest BCUT2D eigenvalue weighted by molar-refractivity contribution is 9.10. The van der Waals surface area contributed by atoms with Crippen LogP contribution in [-0.2, 0) is 0 Å². The van der Waals surface area contributed by atoms with E-state index in [1.165, 1.54) is 12.1 Å². The van der Waals surface area contributed by atoms with Gasteiger partial charge in [0.05, 0.1) is 5.56 Å². The minimum absolute atomic E-state index is 0.0356. The highest BCUT2D eigenvalue weighted by Crippen LogP contribution is 2.23. The molecule has 0 unspecified atom stereocenters. The van der Waals surface area contributed by atoms with Crippen LogP contribution in [0.25, 0.3) is 10.8 Å². The van der Waals surface area contributed by atoms with Crippen molar-refractivity contribution in [1.82, 2.24) is 0 Å². The fourth-order valence-electron chi connectivity index (χ4n) is 2.14. The summed E-state index contributed by atoms with van der Waals surface area (Å²) in [6.45, 7) is 0. The normalized spacial score (nSPS) is 10.6. The molecule has 0 aliphatic heterocycles. The maximum absolute atomic E-state index is 13.6. The van der Waals surface area contributed by atoms with E-state index in [1.807, 2.05) is 30.3 Å². The van der Waals surface area contributed by atoms with Crippen LogP contribution in [0, 0.1) is 5.82 Å². The third-order valence-corrected chi connectivity index (χ3v) is 3.67. The zero-order chi connectivity index (χ0) is 14.8. The Morgan fingerprint density at radius 2 is 1.67 bits per heavy atom. The zero-order valence-corrected chi connectivity index (χ0v) is 12.5. The molecule has 1 N–H and O–H groups in total. The van der Waals surface area contributed by atoms with Gasteiger partial charge in [-0.2, -0.15) is 0 Å². The highest BCUT2D eigenvalue weighted by Gasteiger charge is 2.11. The van der Waals surface area contributed by atoms with Gasteiger partial charge in [0.15, 0.2) is 0 Å². The van der Waals surface area contributed by atoms with Crippen LogP contribution in [0.15, 0.2) is 65.1 Å². The van der Waals surface area contributed by atoms with E-state index in [1.54, 1.807) is 18.2 Å². The Balaban J connectivity index is 1.90. The van der Waals surface area contributed by atoms with Crippen LogP contribution in [0.5, 0.6) is 0 Å². The molecule has 0 aromatic heterocycles. The monoisotopic (exact) mass is 343 g/mol. The average Bonchev–Trinajstić information content (AvgIpc) is 2.48. The number of amides is 1. The predicted octanol–water partition coefficient (Wildman–Crippen LogP) is 4.99. The number of hydrogen-bond acceptors (Lipinski definition) is 1. The number of hydrogen-bond donors (Lipinski definition) is 1. The molecular formula is C17H11BrFNO. The van der Waals surface area contributed by atoms with E-state index >= 15 is 0 Å². The Labute approximate surface area is 129 Å². The van der Waals surface area contributed by atoms with Crippen LogP contribution in [0.1, 0.15) is 10.4 Å². The summed E-state index contributed by atoms with van der Waals surface area (Å²) in [6, 6.07) is 17.4. The molecule has 3 aromatic carbocycles. The molecule has 104 valence electrons. The molecule has 21 heavy (non-hydrogen) atoms. The van der Waals surface area contributed by atoms with Crippen molar-refractivity contribution in [3.63, 3.8) is 0 Å². The van der Waals surface area contributed by atoms with Crippen molar-refractivity contribution in [2.24, 2.45) is 0 Å². The van der Waals surface area contributed by atoms with E-state index in [2.05, 4.69) is 21.2 Å². The zero-order valence-electron chi connectivity index (χ0n) is 10.9. The number of fused-ring (bicyclic) bond motifs is 1. The second-order valence-corrected chi connectivity index (χ2v) is 5.56. The highest BCUT2D eigenvalue weighted by atomic mass is 79.9. The summed E-state index contributed by atoms with van der Waals surface area (Å²) in [5, 5.41) is 4.78. The minimum atomic E-state index is -0.528. The molecular weight excluding hydrogens is 333 g/mol. The predicted molar refractivity (Wildman–Crippen MR) is 86.0 cm³/mol. The largest absolute Gasteiger partial charge is 0.322 e. The summed E-state index contributed by atoms with van der Waals surface area (Å²) in [4.78, 5) is 12.1. The Hall–Kier alpha value is -2.20. The van der Waals surface area contributed by atoms with Crippen molar-refractivity contribution in [2.75, 3.05) is 5.32 Å². The number of benzene rings is 3. The van der Waals surface area contributed by atoms with E-state index in [-0.39, 0.29) is 5.56 Å². The number of carbonyl (C=O) groups excluding carboxylic acids is 1. The van der Waals surface area contributed by atoms with E-state index in [4.69, 9.17) is 0 Å². The number of anilines is 1. The van der Waals surface area contributed by atoms with Gasteiger partial charge in [-0.15, -0.1) is 0 Å². The Morgan fingerprint density at radius 1 is 0.952 bits per heavy atom. The first-order chi connectivity index (χ1) is 10.1. The van der Waals surface area contributed by atoms with Gasteiger partial charge in [0.2, 0.25) is 0 Å². The van der Waals surface area contributed by atoms with Gasteiger partial charge in [-0.25, -0.2) is 4.39 Å². The summed E-state index contributed by atoms with van der Waals surface area (Å²) >= 11 is 3.42. The molecule has 0 atom stereocenters. The Kier molecular flexibility index (Phi) is 3.71. The van der Waals surface area contributed by atoms with Crippen molar-refractivity contribution in [3.8, 4) is 0 Å². The van der Waals surface area contributed by atoms with Gasteiger partial charge in [-0.3, -0.25) is 4.79 Å². The van der Waals surface area contributed by atoms with E-state index in [0.717, 1.165) is 15.2 Å². The quantitative estimate of drug-likeness (QED) is 0.697. The lowest BCUT2D eigenvalue weighted by Crippen LogP contribution is -2.13. The van der Waals surface area contributed by atoms with Crippen LogP contribution in [-0.4, -0.2) is 5.91 Å². The summed E-state index contributed by atoms with van der Waals surface area (Å²) in [6.07, 6.45) is 0. The molecule has 0 saturated heterocycles. The first-order valence-electron chi connectivity index (χ1n) is 6.39. The fraction of sp³-hybridized carbons (Fsp3) is 0. The lowest BCUT2D eigenvalue weighted by Gasteiger charge is -2.07. The second-order valence-electron chi connectivity index (χ2n) is 4.64. The van der Waals surface area contributed by atoms with Crippen LogP contribution in [0.3, 0.4) is 0 Å². The van der Waals surface area contributed by atoms with Crippen molar-refractivity contribution in [2.45, 2.75) is 0 Å². The molecule has 0 heterocycles. The molecule has 0 radical (unpaired) electrons. The van der Waals surface area contributed by atoms with Crippen LogP contribution in [0.4, 0.5) is 10.1 Å². The average molecular weight is 344 g/mol. The van der Waals surface area contributed by atoms with Gasteiger partial charge in [-0.05, 0) is 47.2 Å². The molecule has 1 amide bonds. The van der Waals surface area contributed by atoms with Gasteiger partial charge in [-0.1, -0.05) is 40.2 Å². The molecule has 4 heteroatoms. The number of nitrogens with one attached hydrogen (secondary N) is 1. The van der Waals surface area contributed by atoms with Crippen LogP contribution < -0.4 is 5.32 Å². The van der Waals surface area contributed by atoms with E-state index in [9.17, 15) is 9.18 Å². The molecule has 0 aliphatic rings. The fourth-order valence-corrected chi connectivity index (χ4v) is 2.52. The maximum atomic E-state index is 13.6. The minimum Gasteiger partial charge on any atom is -0.322 e. The molecule has 0 bridgehead atoms. The molecule has 0 aliphatic carbocycles. The molecule has 3 aromatic rings. The maximum Gasteiger partial charge on any atom is 0.258 e. The molecule has 0 spiro atoms. The number of carbonyl (C=O) groups is 1. The summed E-state index contributed by atoms with van der Waals surface area (Å²) in [5.74, 6) is -0.982. The third kappa shape index (κ3) is 2.95. The van der Waals surface area contributed by atoms with Crippen molar-refractivity contribution >= 4 is 38.3 Å². The van der Waals surface area contributed by atoms with E-state index < -0.39 is 11.7 Å². The van der Waals surface area contributed by atoms with Gasteiger partial charge in [0, 0.05) is 10.2 Å².